The molecule has 0 saturated carbocycles. The molecule has 2 N–H and O–H groups in total. The maximum Gasteiger partial charge on any atom is 0.410 e. The molecule has 0 aliphatic carbocycles. The van der Waals surface area contributed by atoms with Crippen molar-refractivity contribution in [3.8, 4) is 5.75 Å². The van der Waals surface area contributed by atoms with E-state index in [1.807, 2.05) is 56.9 Å². The molecule has 36 heavy (non-hydrogen) atoms. The van der Waals surface area contributed by atoms with Gasteiger partial charge in [0, 0.05) is 25.9 Å². The Morgan fingerprint density at radius 1 is 1.08 bits per heavy atom. The average Bonchev–Trinajstić information content (AvgIpc) is 2.82. The van der Waals surface area contributed by atoms with Gasteiger partial charge in [-0.3, -0.25) is 4.79 Å². The molecule has 0 aromatic heterocycles. The molecule has 2 rings (SSSR count). The molecule has 1 aromatic rings. The Balaban J connectivity index is 1.64. The first-order chi connectivity index (χ1) is 17.1. The monoisotopic (exact) mass is 504 g/mol. The molecule has 8 heteroatoms. The van der Waals surface area contributed by atoms with Crippen LogP contribution in [0.15, 0.2) is 24.3 Å². The van der Waals surface area contributed by atoms with Gasteiger partial charge in [-0.05, 0) is 76.5 Å². The third kappa shape index (κ3) is 11.3. The van der Waals surface area contributed by atoms with E-state index in [9.17, 15) is 19.5 Å². The fourth-order valence-electron chi connectivity index (χ4n) is 4.22. The first kappa shape index (κ1) is 29.5. The van der Waals surface area contributed by atoms with Crippen molar-refractivity contribution in [3.63, 3.8) is 0 Å². The van der Waals surface area contributed by atoms with Gasteiger partial charge in [0.1, 0.15) is 17.4 Å². The summed E-state index contributed by atoms with van der Waals surface area (Å²) in [5.41, 5.74) is 0.379. The van der Waals surface area contributed by atoms with Crippen LogP contribution in [0.4, 0.5) is 4.79 Å². The highest BCUT2D eigenvalue weighted by atomic mass is 16.6. The van der Waals surface area contributed by atoms with E-state index in [0.717, 1.165) is 69.3 Å². The number of carboxylic acids is 1. The van der Waals surface area contributed by atoms with Gasteiger partial charge in [0.05, 0.1) is 6.61 Å². The summed E-state index contributed by atoms with van der Waals surface area (Å²) in [4.78, 5) is 37.4. The van der Waals surface area contributed by atoms with E-state index >= 15 is 0 Å². The molecule has 0 bridgehead atoms. The van der Waals surface area contributed by atoms with Crippen LogP contribution in [0.1, 0.15) is 84.6 Å². The zero-order valence-electron chi connectivity index (χ0n) is 22.4. The number of carboxylic acid groups (broad SMARTS) is 1. The van der Waals surface area contributed by atoms with E-state index in [4.69, 9.17) is 9.47 Å². The minimum atomic E-state index is -1.03. The molecule has 1 heterocycles. The van der Waals surface area contributed by atoms with Crippen molar-refractivity contribution in [1.29, 1.82) is 0 Å². The molecule has 1 aliphatic rings. The number of hydrogen-bond acceptors (Lipinski definition) is 5. The molecular weight excluding hydrogens is 460 g/mol. The van der Waals surface area contributed by atoms with Gasteiger partial charge in [0.2, 0.25) is 5.91 Å². The Labute approximate surface area is 215 Å². The predicted molar refractivity (Wildman–Crippen MR) is 139 cm³/mol. The fourth-order valence-corrected chi connectivity index (χ4v) is 4.22. The number of rotatable bonds is 13. The van der Waals surface area contributed by atoms with Crippen molar-refractivity contribution in [1.82, 2.24) is 10.2 Å². The van der Waals surface area contributed by atoms with Crippen molar-refractivity contribution in [2.24, 2.45) is 5.92 Å². The van der Waals surface area contributed by atoms with Crippen LogP contribution >= 0.6 is 0 Å². The highest BCUT2D eigenvalue weighted by Gasteiger charge is 2.26. The summed E-state index contributed by atoms with van der Waals surface area (Å²) < 4.78 is 11.3. The first-order valence-electron chi connectivity index (χ1n) is 13.3. The number of nitrogens with one attached hydrogen (secondary N) is 1. The van der Waals surface area contributed by atoms with E-state index in [1.54, 1.807) is 0 Å². The van der Waals surface area contributed by atoms with Crippen LogP contribution in [0.2, 0.25) is 0 Å². The second-order valence-corrected chi connectivity index (χ2v) is 10.7. The van der Waals surface area contributed by atoms with Crippen LogP contribution in [0.25, 0.3) is 0 Å². The van der Waals surface area contributed by atoms with Crippen LogP contribution in [0.5, 0.6) is 5.75 Å². The van der Waals surface area contributed by atoms with E-state index in [2.05, 4.69) is 5.32 Å². The minimum absolute atomic E-state index is 0.212. The topological polar surface area (TPSA) is 105 Å². The summed E-state index contributed by atoms with van der Waals surface area (Å²) in [5.74, 6) is 0.129. The average molecular weight is 505 g/mol. The smallest absolute Gasteiger partial charge is 0.410 e. The third-order valence-corrected chi connectivity index (χ3v) is 6.30. The number of amides is 2. The van der Waals surface area contributed by atoms with E-state index in [-0.39, 0.29) is 18.4 Å². The van der Waals surface area contributed by atoms with Gasteiger partial charge < -0.3 is 24.8 Å². The highest BCUT2D eigenvalue weighted by Crippen LogP contribution is 2.24. The van der Waals surface area contributed by atoms with Crippen molar-refractivity contribution in [2.45, 2.75) is 97.1 Å². The second-order valence-electron chi connectivity index (χ2n) is 10.7. The molecule has 8 nitrogen and oxygen atoms in total. The van der Waals surface area contributed by atoms with Gasteiger partial charge in [-0.1, -0.05) is 31.9 Å². The maximum absolute atomic E-state index is 12.2. The number of hydrogen-bond donors (Lipinski definition) is 2. The lowest BCUT2D eigenvalue weighted by Gasteiger charge is -2.33. The second kappa shape index (κ2) is 14.7. The quantitative estimate of drug-likeness (QED) is 0.359. The Hall–Kier alpha value is -2.77. The van der Waals surface area contributed by atoms with Crippen LogP contribution in [0, 0.1) is 5.92 Å². The van der Waals surface area contributed by atoms with E-state index in [1.165, 1.54) is 0 Å². The van der Waals surface area contributed by atoms with Gasteiger partial charge in [-0.25, -0.2) is 9.59 Å². The summed E-state index contributed by atoms with van der Waals surface area (Å²) >= 11 is 0. The van der Waals surface area contributed by atoms with Crippen molar-refractivity contribution >= 4 is 18.0 Å². The zero-order chi connectivity index (χ0) is 26.6. The van der Waals surface area contributed by atoms with Gasteiger partial charge in [-0.15, -0.1) is 0 Å². The molecule has 1 fully saturated rings. The Kier molecular flexibility index (Phi) is 12.0. The van der Waals surface area contributed by atoms with Crippen molar-refractivity contribution < 1.29 is 29.0 Å². The van der Waals surface area contributed by atoms with Crippen LogP contribution in [-0.4, -0.2) is 59.3 Å². The molecule has 0 spiro atoms. The molecule has 0 unspecified atom stereocenters. The van der Waals surface area contributed by atoms with Gasteiger partial charge in [0.25, 0.3) is 0 Å². The Bertz CT molecular complexity index is 825. The maximum atomic E-state index is 12.2. The summed E-state index contributed by atoms with van der Waals surface area (Å²) in [6.07, 6.45) is 7.20. The largest absolute Gasteiger partial charge is 0.494 e. The Morgan fingerprint density at radius 3 is 2.33 bits per heavy atom. The van der Waals surface area contributed by atoms with Crippen LogP contribution in [-0.2, 0) is 20.7 Å². The minimum Gasteiger partial charge on any atom is -0.494 e. The number of carbonyl (C=O) groups excluding carboxylic acids is 2. The molecule has 1 saturated heterocycles. The molecule has 1 atom stereocenters. The number of likely N-dealkylation sites (tertiary alicyclic amines) is 1. The standard InChI is InChI=1S/C28H44N2O6/c1-5-6-10-25(31)29-24(26(32)33)20-22-11-13-23(14-12-22)35-19-8-7-9-21-15-17-30(18-16-21)27(34)36-28(2,3)4/h11-14,21,24H,5-10,15-20H2,1-4H3,(H,29,31)(H,32,33)/t24-/m0/s1. The molecule has 0 radical (unpaired) electrons. The number of piperidine rings is 1. The fraction of sp³-hybridized carbons (Fsp3) is 0.679. The van der Waals surface area contributed by atoms with Gasteiger partial charge >= 0.3 is 12.1 Å². The number of unbranched alkanes of at least 4 members (excludes halogenated alkanes) is 2. The summed E-state index contributed by atoms with van der Waals surface area (Å²) in [7, 11) is 0. The summed E-state index contributed by atoms with van der Waals surface area (Å²) in [5, 5.41) is 12.1. The molecule has 1 aliphatic heterocycles. The normalized spacial score (nSPS) is 15.3. The number of carbonyl (C=O) groups is 3. The lowest BCUT2D eigenvalue weighted by Crippen LogP contribution is -2.42. The highest BCUT2D eigenvalue weighted by molar-refractivity contribution is 5.83. The van der Waals surface area contributed by atoms with E-state index in [0.29, 0.717) is 18.9 Å². The molecule has 202 valence electrons. The lowest BCUT2D eigenvalue weighted by molar-refractivity contribution is -0.141. The zero-order valence-corrected chi connectivity index (χ0v) is 22.4. The number of nitrogens with zero attached hydrogens (tertiary/aromatic N) is 1. The first-order valence-corrected chi connectivity index (χ1v) is 13.3. The number of benzene rings is 1. The number of ether oxygens (including phenoxy) is 2. The molecule has 1 aromatic carbocycles. The summed E-state index contributed by atoms with van der Waals surface area (Å²) in [6.45, 7) is 9.80. The van der Waals surface area contributed by atoms with Crippen LogP contribution in [0.3, 0.4) is 0 Å². The molecular formula is C28H44N2O6. The van der Waals surface area contributed by atoms with E-state index < -0.39 is 17.6 Å². The number of aliphatic carboxylic acids is 1. The van der Waals surface area contributed by atoms with Crippen molar-refractivity contribution in [2.75, 3.05) is 19.7 Å². The predicted octanol–water partition coefficient (Wildman–Crippen LogP) is 5.18. The van der Waals surface area contributed by atoms with Gasteiger partial charge in [0.15, 0.2) is 0 Å². The summed E-state index contributed by atoms with van der Waals surface area (Å²) in [6, 6.07) is 6.46. The Morgan fingerprint density at radius 2 is 1.75 bits per heavy atom. The van der Waals surface area contributed by atoms with Crippen molar-refractivity contribution in [3.05, 3.63) is 29.8 Å². The van der Waals surface area contributed by atoms with Gasteiger partial charge in [-0.2, -0.15) is 0 Å². The molecule has 2 amide bonds. The lowest BCUT2D eigenvalue weighted by atomic mass is 9.92. The SMILES string of the molecule is CCCCC(=O)N[C@@H](Cc1ccc(OCCCCC2CCN(C(=O)OC(C)(C)C)CC2)cc1)C(=O)O. The van der Waals surface area contributed by atoms with Crippen LogP contribution < -0.4 is 10.1 Å². The third-order valence-electron chi connectivity index (χ3n) is 6.30.